The molecule has 2 aromatic carbocycles. The summed E-state index contributed by atoms with van der Waals surface area (Å²) in [6.45, 7) is 7.46. The molecule has 1 heterocycles. The highest BCUT2D eigenvalue weighted by molar-refractivity contribution is 8.00. The number of nitrogens with one attached hydrogen (secondary N) is 2. The van der Waals surface area contributed by atoms with Crippen molar-refractivity contribution in [3.63, 3.8) is 0 Å². The van der Waals surface area contributed by atoms with E-state index in [1.165, 1.54) is 17.3 Å². The zero-order chi connectivity index (χ0) is 22.1. The van der Waals surface area contributed by atoms with Crippen molar-refractivity contribution >= 4 is 23.6 Å². The van der Waals surface area contributed by atoms with Gasteiger partial charge in [-0.05, 0) is 31.5 Å². The van der Waals surface area contributed by atoms with Crippen LogP contribution in [0.5, 0.6) is 0 Å². The molecule has 0 spiro atoms. The molecule has 2 N–H and O–H groups in total. The highest BCUT2D eigenvalue weighted by atomic mass is 32.2. The van der Waals surface area contributed by atoms with Crippen LogP contribution in [0.3, 0.4) is 0 Å². The number of hydrogen-bond donors (Lipinski definition) is 2. The van der Waals surface area contributed by atoms with Gasteiger partial charge in [-0.1, -0.05) is 42.5 Å². The van der Waals surface area contributed by atoms with Gasteiger partial charge in [0.2, 0.25) is 5.91 Å². The first-order valence-electron chi connectivity index (χ1n) is 10.7. The molecule has 2 aromatic rings. The number of nitrogens with zero attached hydrogens (tertiary/aromatic N) is 1. The van der Waals surface area contributed by atoms with E-state index in [0.29, 0.717) is 25.3 Å². The average molecular weight is 442 g/mol. The van der Waals surface area contributed by atoms with Gasteiger partial charge in [0, 0.05) is 30.6 Å². The third-order valence-corrected chi connectivity index (χ3v) is 6.14. The van der Waals surface area contributed by atoms with Crippen molar-refractivity contribution in [1.82, 2.24) is 15.5 Å². The fraction of sp³-hybridized carbons (Fsp3) is 0.417. The number of ether oxygens (including phenoxy) is 1. The number of amides is 2. The summed E-state index contributed by atoms with van der Waals surface area (Å²) in [4.78, 5) is 28.2. The second-order valence-corrected chi connectivity index (χ2v) is 8.81. The van der Waals surface area contributed by atoms with Gasteiger partial charge in [0.15, 0.2) is 0 Å². The van der Waals surface area contributed by atoms with Gasteiger partial charge in [-0.15, -0.1) is 11.8 Å². The smallest absolute Gasteiger partial charge is 0.252 e. The van der Waals surface area contributed by atoms with Crippen molar-refractivity contribution in [2.75, 3.05) is 38.6 Å². The van der Waals surface area contributed by atoms with Crippen LogP contribution in [0, 0.1) is 0 Å². The van der Waals surface area contributed by atoms with E-state index < -0.39 is 0 Å². The van der Waals surface area contributed by atoms with Crippen molar-refractivity contribution in [3.05, 3.63) is 65.7 Å². The number of hydrogen-bond acceptors (Lipinski definition) is 5. The fourth-order valence-electron chi connectivity index (χ4n) is 3.59. The zero-order valence-corrected chi connectivity index (χ0v) is 19.0. The molecular formula is C24H31N3O3S. The van der Waals surface area contributed by atoms with E-state index >= 15 is 0 Å². The number of benzene rings is 2. The lowest BCUT2D eigenvalue weighted by Crippen LogP contribution is -2.43. The highest BCUT2D eigenvalue weighted by Crippen LogP contribution is 2.24. The van der Waals surface area contributed by atoms with E-state index in [9.17, 15) is 9.59 Å². The van der Waals surface area contributed by atoms with Gasteiger partial charge in [0.1, 0.15) is 0 Å². The monoisotopic (exact) mass is 441 g/mol. The number of thioether (sulfide) groups is 1. The Kier molecular flexibility index (Phi) is 8.94. The molecule has 1 unspecified atom stereocenters. The SMILES string of the molecule is CC(C)NC(=O)CSc1ccccc1C(=O)NCC(c1ccccc1)N1CCOCC1. The molecule has 0 radical (unpaired) electrons. The maximum Gasteiger partial charge on any atom is 0.252 e. The fourth-order valence-corrected chi connectivity index (χ4v) is 4.45. The van der Waals surface area contributed by atoms with Crippen LogP contribution >= 0.6 is 11.8 Å². The van der Waals surface area contributed by atoms with Gasteiger partial charge >= 0.3 is 0 Å². The number of rotatable bonds is 9. The Morgan fingerprint density at radius 1 is 1.03 bits per heavy atom. The van der Waals surface area contributed by atoms with E-state index in [1.54, 1.807) is 0 Å². The van der Waals surface area contributed by atoms with Gasteiger partial charge in [0.25, 0.3) is 5.91 Å². The molecule has 0 saturated carbocycles. The first-order chi connectivity index (χ1) is 15.0. The maximum atomic E-state index is 13.0. The van der Waals surface area contributed by atoms with Crippen LogP contribution in [0.25, 0.3) is 0 Å². The van der Waals surface area contributed by atoms with Crippen LogP contribution in [-0.4, -0.2) is 61.4 Å². The molecule has 6 nitrogen and oxygen atoms in total. The van der Waals surface area contributed by atoms with E-state index in [-0.39, 0.29) is 29.7 Å². The summed E-state index contributed by atoms with van der Waals surface area (Å²) >= 11 is 1.38. The normalized spacial score (nSPS) is 15.5. The second kappa shape index (κ2) is 11.9. The Morgan fingerprint density at radius 2 is 1.71 bits per heavy atom. The molecule has 0 aliphatic carbocycles. The lowest BCUT2D eigenvalue weighted by Gasteiger charge is -2.35. The zero-order valence-electron chi connectivity index (χ0n) is 18.2. The quantitative estimate of drug-likeness (QED) is 0.585. The number of carbonyl (C=O) groups excluding carboxylic acids is 2. The summed E-state index contributed by atoms with van der Waals surface area (Å²) in [5, 5.41) is 6.00. The van der Waals surface area contributed by atoms with Gasteiger partial charge in [0.05, 0.1) is 30.6 Å². The third kappa shape index (κ3) is 7.09. The second-order valence-electron chi connectivity index (χ2n) is 7.79. The molecule has 1 aliphatic heterocycles. The molecule has 0 bridgehead atoms. The van der Waals surface area contributed by atoms with Crippen LogP contribution in [0.4, 0.5) is 0 Å². The standard InChI is InChI=1S/C24H31N3O3S/c1-18(2)26-23(28)17-31-22-11-7-6-10-20(22)24(29)25-16-21(19-8-4-3-5-9-19)27-12-14-30-15-13-27/h3-11,18,21H,12-17H2,1-2H3,(H,25,29)(H,26,28). The molecular weight excluding hydrogens is 410 g/mol. The minimum atomic E-state index is -0.124. The van der Waals surface area contributed by atoms with E-state index in [0.717, 1.165) is 18.0 Å². The minimum Gasteiger partial charge on any atom is -0.379 e. The minimum absolute atomic E-state index is 0.0355. The van der Waals surface area contributed by atoms with Crippen molar-refractivity contribution in [2.45, 2.75) is 30.8 Å². The number of morpholine rings is 1. The van der Waals surface area contributed by atoms with E-state index in [2.05, 4.69) is 27.7 Å². The van der Waals surface area contributed by atoms with Crippen LogP contribution in [0.15, 0.2) is 59.5 Å². The Labute approximate surface area is 188 Å². The third-order valence-electron chi connectivity index (χ3n) is 5.07. The molecule has 1 atom stereocenters. The predicted octanol–water partition coefficient (Wildman–Crippen LogP) is 3.11. The van der Waals surface area contributed by atoms with Gasteiger partial charge in [-0.2, -0.15) is 0 Å². The Balaban J connectivity index is 1.66. The largest absolute Gasteiger partial charge is 0.379 e. The van der Waals surface area contributed by atoms with Crippen LogP contribution in [0.2, 0.25) is 0 Å². The van der Waals surface area contributed by atoms with E-state index in [1.807, 2.05) is 56.3 Å². The molecule has 1 aliphatic rings. The average Bonchev–Trinajstić information content (AvgIpc) is 2.79. The summed E-state index contributed by atoms with van der Waals surface area (Å²) in [6.07, 6.45) is 0. The molecule has 0 aromatic heterocycles. The Hall–Kier alpha value is -2.35. The lowest BCUT2D eigenvalue weighted by molar-refractivity contribution is -0.119. The first-order valence-corrected chi connectivity index (χ1v) is 11.7. The molecule has 1 fully saturated rings. The molecule has 31 heavy (non-hydrogen) atoms. The van der Waals surface area contributed by atoms with Gasteiger partial charge in [-0.25, -0.2) is 0 Å². The maximum absolute atomic E-state index is 13.0. The van der Waals surface area contributed by atoms with E-state index in [4.69, 9.17) is 4.74 Å². The predicted molar refractivity (Wildman–Crippen MR) is 124 cm³/mol. The molecule has 2 amide bonds. The topological polar surface area (TPSA) is 70.7 Å². The van der Waals surface area contributed by atoms with Gasteiger partial charge < -0.3 is 15.4 Å². The lowest BCUT2D eigenvalue weighted by atomic mass is 10.0. The van der Waals surface area contributed by atoms with Crippen molar-refractivity contribution in [1.29, 1.82) is 0 Å². The summed E-state index contributed by atoms with van der Waals surface area (Å²) in [5.74, 6) is 0.122. The Bertz CT molecular complexity index is 854. The summed E-state index contributed by atoms with van der Waals surface area (Å²) in [6, 6.07) is 17.9. The molecule has 1 saturated heterocycles. The molecule has 3 rings (SSSR count). The molecule has 166 valence electrons. The summed E-state index contributed by atoms with van der Waals surface area (Å²) < 4.78 is 5.50. The molecule has 7 heteroatoms. The van der Waals surface area contributed by atoms with Crippen molar-refractivity contribution in [3.8, 4) is 0 Å². The summed E-state index contributed by atoms with van der Waals surface area (Å²) in [7, 11) is 0. The number of carbonyl (C=O) groups is 2. The van der Waals surface area contributed by atoms with Crippen LogP contribution in [0.1, 0.15) is 35.8 Å². The van der Waals surface area contributed by atoms with Crippen LogP contribution < -0.4 is 10.6 Å². The highest BCUT2D eigenvalue weighted by Gasteiger charge is 2.23. The van der Waals surface area contributed by atoms with Gasteiger partial charge in [-0.3, -0.25) is 14.5 Å². The van der Waals surface area contributed by atoms with Crippen molar-refractivity contribution < 1.29 is 14.3 Å². The Morgan fingerprint density at radius 3 is 2.42 bits per heavy atom. The van der Waals surface area contributed by atoms with Crippen LogP contribution in [-0.2, 0) is 9.53 Å². The summed E-state index contributed by atoms with van der Waals surface area (Å²) in [5.41, 5.74) is 1.77. The van der Waals surface area contributed by atoms with Crippen molar-refractivity contribution in [2.24, 2.45) is 0 Å². The first kappa shape index (κ1) is 23.3.